The Balaban J connectivity index is 1.39. The third-order valence-corrected chi connectivity index (χ3v) is 7.50. The second-order valence-corrected chi connectivity index (χ2v) is 10.5. The molecular formula is C31H45FN2O2. The maximum atomic E-state index is 14.8. The number of hydrogen-bond donors (Lipinski definition) is 0. The van der Waals surface area contributed by atoms with Crippen molar-refractivity contribution in [1.82, 2.24) is 9.97 Å². The predicted octanol–water partition coefficient (Wildman–Crippen LogP) is 8.87. The summed E-state index contributed by atoms with van der Waals surface area (Å²) in [4.78, 5) is 21.4. The van der Waals surface area contributed by atoms with Crippen molar-refractivity contribution in [1.29, 1.82) is 0 Å². The molecule has 0 N–H and O–H groups in total. The van der Waals surface area contributed by atoms with E-state index in [1.807, 2.05) is 0 Å². The predicted molar refractivity (Wildman–Crippen MR) is 144 cm³/mol. The van der Waals surface area contributed by atoms with Gasteiger partial charge in [-0.3, -0.25) is 0 Å². The number of esters is 1. The molecule has 1 aliphatic rings. The van der Waals surface area contributed by atoms with Crippen molar-refractivity contribution in [3.63, 3.8) is 0 Å². The lowest BCUT2D eigenvalue weighted by molar-refractivity contribution is 0.0156. The minimum atomic E-state index is -0.584. The van der Waals surface area contributed by atoms with E-state index in [9.17, 15) is 9.18 Å². The molecule has 0 bridgehead atoms. The fraction of sp³-hybridized carbons (Fsp3) is 0.645. The highest BCUT2D eigenvalue weighted by atomic mass is 19.1. The fourth-order valence-corrected chi connectivity index (χ4v) is 5.15. The number of aromatic nitrogens is 2. The number of halogens is 1. The number of hydrogen-bond acceptors (Lipinski definition) is 4. The first-order valence-electron chi connectivity index (χ1n) is 14.4. The van der Waals surface area contributed by atoms with Crippen LogP contribution in [0.1, 0.15) is 126 Å². The van der Waals surface area contributed by atoms with Gasteiger partial charge in [-0.15, -0.1) is 0 Å². The summed E-state index contributed by atoms with van der Waals surface area (Å²) in [7, 11) is 0. The number of carbonyl (C=O) groups excluding carboxylic acids is 1. The van der Waals surface area contributed by atoms with Crippen LogP contribution in [0.2, 0.25) is 0 Å². The van der Waals surface area contributed by atoms with Gasteiger partial charge in [0.2, 0.25) is 0 Å². The standard InChI is InChI=1S/C31H45FN2O2/c1-3-5-7-8-9-10-11-12-14-24-15-18-27(19-16-24)36-31(35)28-20-17-26(21-29(28)32)30-33-22-25(23-34-30)13-6-4-2/h17,20-24,27H,3-16,18-19H2,1-2H3/t24-,27-. The summed E-state index contributed by atoms with van der Waals surface area (Å²) < 4.78 is 20.5. The number of rotatable bonds is 15. The number of nitrogens with zero attached hydrogens (tertiary/aromatic N) is 2. The van der Waals surface area contributed by atoms with Gasteiger partial charge in [-0.2, -0.15) is 0 Å². The summed E-state index contributed by atoms with van der Waals surface area (Å²) in [6, 6.07) is 4.52. The van der Waals surface area contributed by atoms with Crippen LogP contribution in [0.4, 0.5) is 4.39 Å². The first kappa shape index (κ1) is 28.3. The van der Waals surface area contributed by atoms with Gasteiger partial charge < -0.3 is 4.74 Å². The van der Waals surface area contributed by atoms with E-state index < -0.39 is 11.8 Å². The lowest BCUT2D eigenvalue weighted by Crippen LogP contribution is -2.25. The molecule has 2 aromatic rings. The van der Waals surface area contributed by atoms with Crippen molar-refractivity contribution in [2.24, 2.45) is 5.92 Å². The molecule has 0 radical (unpaired) electrons. The Labute approximate surface area is 217 Å². The molecule has 1 aromatic heterocycles. The van der Waals surface area contributed by atoms with Crippen LogP contribution >= 0.6 is 0 Å². The summed E-state index contributed by atoms with van der Waals surface area (Å²) >= 11 is 0. The summed E-state index contributed by atoms with van der Waals surface area (Å²) in [5.74, 6) is 0.0502. The molecule has 1 heterocycles. The Hall–Kier alpha value is -2.30. The molecule has 0 unspecified atom stereocenters. The minimum Gasteiger partial charge on any atom is -0.459 e. The van der Waals surface area contributed by atoms with Crippen LogP contribution in [-0.4, -0.2) is 22.0 Å². The van der Waals surface area contributed by atoms with Gasteiger partial charge in [0.05, 0.1) is 5.56 Å². The molecule has 198 valence electrons. The summed E-state index contributed by atoms with van der Waals surface area (Å²) in [5, 5.41) is 0. The summed E-state index contributed by atoms with van der Waals surface area (Å²) in [5.41, 5.74) is 1.63. The highest BCUT2D eigenvalue weighted by Gasteiger charge is 2.25. The average Bonchev–Trinajstić information content (AvgIpc) is 2.90. The SMILES string of the molecule is CCCCCCCCCC[C@H]1CC[C@H](OC(=O)c2ccc(-c3ncc(CCCC)cn3)cc2F)CC1. The zero-order chi connectivity index (χ0) is 25.6. The third kappa shape index (κ3) is 9.29. The van der Waals surface area contributed by atoms with Crippen LogP contribution in [0.25, 0.3) is 11.4 Å². The quantitative estimate of drug-likeness (QED) is 0.182. The van der Waals surface area contributed by atoms with E-state index in [2.05, 4.69) is 23.8 Å². The molecule has 0 amide bonds. The summed E-state index contributed by atoms with van der Waals surface area (Å²) in [6.45, 7) is 4.41. The third-order valence-electron chi connectivity index (χ3n) is 7.50. The van der Waals surface area contributed by atoms with Gasteiger partial charge in [-0.05, 0) is 62.1 Å². The van der Waals surface area contributed by atoms with Crippen LogP contribution in [0.5, 0.6) is 0 Å². The second kappa shape index (κ2) is 15.7. The van der Waals surface area contributed by atoms with E-state index in [-0.39, 0.29) is 11.7 Å². The number of aryl methyl sites for hydroxylation is 1. The topological polar surface area (TPSA) is 52.1 Å². The minimum absolute atomic E-state index is 0.0145. The lowest BCUT2D eigenvalue weighted by Gasteiger charge is -2.28. The first-order chi connectivity index (χ1) is 17.6. The molecule has 36 heavy (non-hydrogen) atoms. The monoisotopic (exact) mass is 496 g/mol. The Bertz CT molecular complexity index is 907. The van der Waals surface area contributed by atoms with Gasteiger partial charge in [0.15, 0.2) is 5.82 Å². The molecule has 0 aliphatic heterocycles. The van der Waals surface area contributed by atoms with Gasteiger partial charge in [-0.25, -0.2) is 19.2 Å². The molecule has 3 rings (SSSR count). The molecule has 4 nitrogen and oxygen atoms in total. The van der Waals surface area contributed by atoms with Crippen molar-refractivity contribution in [2.45, 2.75) is 123 Å². The molecule has 0 saturated heterocycles. The van der Waals surface area contributed by atoms with Crippen LogP contribution in [-0.2, 0) is 11.2 Å². The maximum absolute atomic E-state index is 14.8. The molecule has 1 aliphatic carbocycles. The highest BCUT2D eigenvalue weighted by molar-refractivity contribution is 5.90. The molecule has 0 atom stereocenters. The zero-order valence-electron chi connectivity index (χ0n) is 22.4. The van der Waals surface area contributed by atoms with Crippen LogP contribution < -0.4 is 0 Å². The van der Waals surface area contributed by atoms with Gasteiger partial charge in [0, 0.05) is 18.0 Å². The van der Waals surface area contributed by atoms with Crippen LogP contribution in [0.3, 0.4) is 0 Å². The van der Waals surface area contributed by atoms with Crippen LogP contribution in [0, 0.1) is 11.7 Å². The molecule has 1 saturated carbocycles. The largest absolute Gasteiger partial charge is 0.459 e. The van der Waals surface area contributed by atoms with Gasteiger partial charge >= 0.3 is 5.97 Å². The average molecular weight is 497 g/mol. The van der Waals surface area contributed by atoms with Gasteiger partial charge in [-0.1, -0.05) is 84.1 Å². The van der Waals surface area contributed by atoms with E-state index in [4.69, 9.17) is 4.74 Å². The van der Waals surface area contributed by atoms with E-state index >= 15 is 0 Å². The van der Waals surface area contributed by atoms with E-state index in [1.54, 1.807) is 18.5 Å². The van der Waals surface area contributed by atoms with Crippen molar-refractivity contribution in [2.75, 3.05) is 0 Å². The Morgan fingerprint density at radius 2 is 1.53 bits per heavy atom. The van der Waals surface area contributed by atoms with E-state index in [1.165, 1.54) is 69.9 Å². The summed E-state index contributed by atoms with van der Waals surface area (Å²) in [6.07, 6.45) is 22.7. The van der Waals surface area contributed by atoms with Crippen molar-refractivity contribution >= 4 is 5.97 Å². The lowest BCUT2D eigenvalue weighted by atomic mass is 9.84. The van der Waals surface area contributed by atoms with Crippen molar-refractivity contribution in [3.05, 3.63) is 47.5 Å². The highest BCUT2D eigenvalue weighted by Crippen LogP contribution is 2.31. The molecule has 1 fully saturated rings. The maximum Gasteiger partial charge on any atom is 0.341 e. The zero-order valence-corrected chi connectivity index (χ0v) is 22.4. The second-order valence-electron chi connectivity index (χ2n) is 10.5. The number of ether oxygens (including phenoxy) is 1. The van der Waals surface area contributed by atoms with Crippen LogP contribution in [0.15, 0.2) is 30.6 Å². The van der Waals surface area contributed by atoms with E-state index in [0.717, 1.165) is 56.4 Å². The molecular weight excluding hydrogens is 451 g/mol. The van der Waals surface area contributed by atoms with Crippen molar-refractivity contribution in [3.8, 4) is 11.4 Å². The van der Waals surface area contributed by atoms with Gasteiger partial charge in [0.25, 0.3) is 0 Å². The fourth-order valence-electron chi connectivity index (χ4n) is 5.15. The Morgan fingerprint density at radius 1 is 0.889 bits per heavy atom. The smallest absolute Gasteiger partial charge is 0.341 e. The van der Waals surface area contributed by atoms with Crippen molar-refractivity contribution < 1.29 is 13.9 Å². The molecule has 1 aromatic carbocycles. The Kier molecular flexibility index (Phi) is 12.4. The molecule has 0 spiro atoms. The Morgan fingerprint density at radius 3 is 2.17 bits per heavy atom. The first-order valence-corrected chi connectivity index (χ1v) is 14.4. The molecule has 5 heteroatoms. The van der Waals surface area contributed by atoms with Gasteiger partial charge in [0.1, 0.15) is 11.9 Å². The number of carbonyl (C=O) groups is 1. The normalized spacial score (nSPS) is 17.8. The number of unbranched alkanes of at least 4 members (excludes halogenated alkanes) is 8. The number of benzene rings is 1. The van der Waals surface area contributed by atoms with E-state index in [0.29, 0.717) is 11.4 Å².